The molecule has 0 spiro atoms. The van der Waals surface area contributed by atoms with E-state index in [1.54, 1.807) is 17.5 Å². The van der Waals surface area contributed by atoms with Crippen molar-refractivity contribution in [3.63, 3.8) is 0 Å². The Labute approximate surface area is 104 Å². The molecule has 1 aromatic heterocycles. The molecule has 2 heterocycles. The third-order valence-corrected chi connectivity index (χ3v) is 3.66. The van der Waals surface area contributed by atoms with Gasteiger partial charge in [-0.25, -0.2) is 4.98 Å². The highest BCUT2D eigenvalue weighted by atomic mass is 32.1. The SMILES string of the molecule is Cc1ncc(CNC(=O)C2CCC(=O)NC2)s1. The van der Waals surface area contributed by atoms with E-state index < -0.39 is 0 Å². The second-order valence-corrected chi connectivity index (χ2v) is 5.42. The molecule has 1 aliphatic rings. The van der Waals surface area contributed by atoms with Crippen LogP contribution in [0.15, 0.2) is 6.20 Å². The van der Waals surface area contributed by atoms with Crippen LogP contribution in [0.25, 0.3) is 0 Å². The molecule has 1 aromatic rings. The number of aryl methyl sites for hydroxylation is 1. The Morgan fingerprint density at radius 2 is 2.53 bits per heavy atom. The van der Waals surface area contributed by atoms with Crippen molar-refractivity contribution >= 4 is 23.2 Å². The molecular weight excluding hydrogens is 238 g/mol. The number of hydrogen-bond acceptors (Lipinski definition) is 4. The number of nitrogens with one attached hydrogen (secondary N) is 2. The molecular formula is C11H15N3O2S. The van der Waals surface area contributed by atoms with Crippen LogP contribution in [-0.2, 0) is 16.1 Å². The summed E-state index contributed by atoms with van der Waals surface area (Å²) in [6, 6.07) is 0. The number of rotatable bonds is 3. The molecule has 1 atom stereocenters. The van der Waals surface area contributed by atoms with Gasteiger partial charge in [0.2, 0.25) is 11.8 Å². The molecule has 1 fully saturated rings. The van der Waals surface area contributed by atoms with Crippen molar-refractivity contribution in [2.45, 2.75) is 26.3 Å². The summed E-state index contributed by atoms with van der Waals surface area (Å²) in [7, 11) is 0. The quantitative estimate of drug-likeness (QED) is 0.828. The molecule has 0 aromatic carbocycles. The first-order valence-corrected chi connectivity index (χ1v) is 6.42. The molecule has 5 nitrogen and oxygen atoms in total. The number of nitrogens with zero attached hydrogens (tertiary/aromatic N) is 1. The molecule has 1 unspecified atom stereocenters. The Hall–Kier alpha value is -1.43. The van der Waals surface area contributed by atoms with Gasteiger partial charge in [0.05, 0.1) is 17.5 Å². The van der Waals surface area contributed by atoms with E-state index in [1.165, 1.54) is 0 Å². The van der Waals surface area contributed by atoms with Gasteiger partial charge in [-0.15, -0.1) is 11.3 Å². The van der Waals surface area contributed by atoms with Crippen LogP contribution < -0.4 is 10.6 Å². The zero-order chi connectivity index (χ0) is 12.3. The molecule has 92 valence electrons. The first kappa shape index (κ1) is 12.0. The van der Waals surface area contributed by atoms with Crippen LogP contribution in [0.2, 0.25) is 0 Å². The van der Waals surface area contributed by atoms with Gasteiger partial charge >= 0.3 is 0 Å². The third-order valence-electron chi connectivity index (χ3n) is 2.74. The second-order valence-electron chi connectivity index (χ2n) is 4.10. The normalized spacial score (nSPS) is 19.8. The average Bonchev–Trinajstić information content (AvgIpc) is 2.73. The van der Waals surface area contributed by atoms with Gasteiger partial charge in [-0.1, -0.05) is 0 Å². The van der Waals surface area contributed by atoms with Crippen molar-refractivity contribution in [1.29, 1.82) is 0 Å². The summed E-state index contributed by atoms with van der Waals surface area (Å²) in [5.74, 6) is -0.0510. The predicted molar refractivity (Wildman–Crippen MR) is 64.4 cm³/mol. The Kier molecular flexibility index (Phi) is 3.73. The molecule has 1 saturated heterocycles. The predicted octanol–water partition coefficient (Wildman–Crippen LogP) is 0.594. The standard InChI is InChI=1S/C11H15N3O2S/c1-7-12-5-9(17-7)6-14-11(16)8-2-3-10(15)13-4-8/h5,8H,2-4,6H2,1H3,(H,13,15)(H,14,16). The molecule has 17 heavy (non-hydrogen) atoms. The van der Waals surface area contributed by atoms with Crippen LogP contribution in [0.3, 0.4) is 0 Å². The summed E-state index contributed by atoms with van der Waals surface area (Å²) < 4.78 is 0. The van der Waals surface area contributed by atoms with E-state index in [0.29, 0.717) is 25.9 Å². The van der Waals surface area contributed by atoms with Gasteiger partial charge in [-0.2, -0.15) is 0 Å². The highest BCUT2D eigenvalue weighted by Crippen LogP contribution is 2.13. The Morgan fingerprint density at radius 1 is 1.71 bits per heavy atom. The number of carbonyl (C=O) groups is 2. The highest BCUT2D eigenvalue weighted by Gasteiger charge is 2.24. The van der Waals surface area contributed by atoms with E-state index >= 15 is 0 Å². The summed E-state index contributed by atoms with van der Waals surface area (Å²) in [5.41, 5.74) is 0. The van der Waals surface area contributed by atoms with Crippen molar-refractivity contribution in [2.24, 2.45) is 5.92 Å². The lowest BCUT2D eigenvalue weighted by Gasteiger charge is -2.21. The zero-order valence-electron chi connectivity index (χ0n) is 9.66. The summed E-state index contributed by atoms with van der Waals surface area (Å²) >= 11 is 1.58. The number of amides is 2. The van der Waals surface area contributed by atoms with E-state index in [2.05, 4.69) is 15.6 Å². The van der Waals surface area contributed by atoms with E-state index in [0.717, 1.165) is 9.88 Å². The average molecular weight is 253 g/mol. The summed E-state index contributed by atoms with van der Waals surface area (Å²) in [6.07, 6.45) is 2.86. The molecule has 0 bridgehead atoms. The number of carbonyl (C=O) groups excluding carboxylic acids is 2. The first-order chi connectivity index (χ1) is 8.15. The van der Waals surface area contributed by atoms with E-state index in [-0.39, 0.29) is 17.7 Å². The molecule has 2 amide bonds. The lowest BCUT2D eigenvalue weighted by atomic mass is 9.98. The van der Waals surface area contributed by atoms with Crippen LogP contribution in [0.5, 0.6) is 0 Å². The fourth-order valence-corrected chi connectivity index (χ4v) is 2.50. The molecule has 0 saturated carbocycles. The van der Waals surface area contributed by atoms with Crippen molar-refractivity contribution < 1.29 is 9.59 Å². The molecule has 2 N–H and O–H groups in total. The Morgan fingerprint density at radius 3 is 3.12 bits per heavy atom. The van der Waals surface area contributed by atoms with Crippen LogP contribution in [-0.4, -0.2) is 23.3 Å². The fraction of sp³-hybridized carbons (Fsp3) is 0.545. The number of aromatic nitrogens is 1. The maximum atomic E-state index is 11.8. The molecule has 1 aliphatic heterocycles. The fourth-order valence-electron chi connectivity index (χ4n) is 1.76. The van der Waals surface area contributed by atoms with Crippen molar-refractivity contribution in [2.75, 3.05) is 6.54 Å². The lowest BCUT2D eigenvalue weighted by Crippen LogP contribution is -2.42. The lowest BCUT2D eigenvalue weighted by molar-refractivity contribution is -0.129. The van der Waals surface area contributed by atoms with Crippen molar-refractivity contribution in [1.82, 2.24) is 15.6 Å². The van der Waals surface area contributed by atoms with Gasteiger partial charge in [0.15, 0.2) is 0 Å². The van der Waals surface area contributed by atoms with Gasteiger partial charge in [-0.05, 0) is 13.3 Å². The van der Waals surface area contributed by atoms with E-state index in [1.807, 2.05) is 6.92 Å². The maximum absolute atomic E-state index is 11.8. The second kappa shape index (κ2) is 5.27. The highest BCUT2D eigenvalue weighted by molar-refractivity contribution is 7.11. The largest absolute Gasteiger partial charge is 0.355 e. The zero-order valence-corrected chi connectivity index (χ0v) is 10.5. The summed E-state index contributed by atoms with van der Waals surface area (Å²) in [5, 5.41) is 6.58. The number of piperidine rings is 1. The van der Waals surface area contributed by atoms with Gasteiger partial charge in [0.25, 0.3) is 0 Å². The van der Waals surface area contributed by atoms with Crippen molar-refractivity contribution in [3.8, 4) is 0 Å². The monoisotopic (exact) mass is 253 g/mol. The Balaban J connectivity index is 1.79. The number of thiazole rings is 1. The summed E-state index contributed by atoms with van der Waals surface area (Å²) in [4.78, 5) is 27.9. The van der Waals surface area contributed by atoms with Crippen LogP contribution in [0, 0.1) is 12.8 Å². The first-order valence-electron chi connectivity index (χ1n) is 5.61. The van der Waals surface area contributed by atoms with Gasteiger partial charge in [0.1, 0.15) is 0 Å². The Bertz CT molecular complexity index is 420. The summed E-state index contributed by atoms with van der Waals surface area (Å²) in [6.45, 7) is 2.91. The number of hydrogen-bond donors (Lipinski definition) is 2. The minimum atomic E-state index is -0.0956. The van der Waals surface area contributed by atoms with Crippen LogP contribution in [0.4, 0.5) is 0 Å². The molecule has 2 rings (SSSR count). The molecule has 6 heteroatoms. The maximum Gasteiger partial charge on any atom is 0.225 e. The van der Waals surface area contributed by atoms with Crippen LogP contribution in [0.1, 0.15) is 22.7 Å². The third kappa shape index (κ3) is 3.26. The minimum absolute atomic E-state index is 0.0102. The van der Waals surface area contributed by atoms with Crippen LogP contribution >= 0.6 is 11.3 Å². The van der Waals surface area contributed by atoms with E-state index in [9.17, 15) is 9.59 Å². The van der Waals surface area contributed by atoms with E-state index in [4.69, 9.17) is 0 Å². The topological polar surface area (TPSA) is 71.1 Å². The van der Waals surface area contributed by atoms with Crippen molar-refractivity contribution in [3.05, 3.63) is 16.1 Å². The smallest absolute Gasteiger partial charge is 0.225 e. The van der Waals surface area contributed by atoms with Gasteiger partial charge in [-0.3, -0.25) is 9.59 Å². The van der Waals surface area contributed by atoms with Gasteiger partial charge in [0, 0.05) is 24.0 Å². The minimum Gasteiger partial charge on any atom is -0.355 e. The molecule has 0 radical (unpaired) electrons. The van der Waals surface area contributed by atoms with Gasteiger partial charge < -0.3 is 10.6 Å². The molecule has 0 aliphatic carbocycles.